The highest BCUT2D eigenvalue weighted by Gasteiger charge is 2.44. The molecule has 0 saturated heterocycles. The van der Waals surface area contributed by atoms with Gasteiger partial charge in [-0.05, 0) is 123 Å². The molecule has 0 heterocycles. The predicted molar refractivity (Wildman–Crippen MR) is 205 cm³/mol. The highest BCUT2D eigenvalue weighted by molar-refractivity contribution is 7.93. The Morgan fingerprint density at radius 1 is 0.722 bits per heavy atom. The van der Waals surface area contributed by atoms with Crippen molar-refractivity contribution in [1.82, 2.24) is 5.48 Å². The Morgan fingerprint density at radius 3 is 1.43 bits per heavy atom. The van der Waals surface area contributed by atoms with Gasteiger partial charge in [-0.15, -0.1) is 0 Å². The molecule has 1 amide bonds. The third-order valence-corrected chi connectivity index (χ3v) is 13.9. The number of hydrogen-bond acceptors (Lipinski definition) is 10. The second-order valence-electron chi connectivity index (χ2n) is 13.9. The minimum atomic E-state index is -3.70. The number of carbonyl (C=O) groups is 2. The molecule has 0 bridgehead atoms. The standard InChI is InChI=1S/C21H24O5S.C20H23NO5S/c1-21(20(23)26-2,27(3,24)25)13-12-17-10-8-16(9-11-17)6-4-5-7-18-14-19(18)15-22;1-20(19(23)21-24,27(2,25)26)12-11-16-9-7-15(8-10-16)5-3-4-6-17-13-18(17)14-22/h8-11,18-19,22H,12-15H2,1-3H3;7-10,17-18,22,24H,11-14H2,1-2H3,(H,21,23). The summed E-state index contributed by atoms with van der Waals surface area (Å²) in [7, 11) is -6.12. The second-order valence-corrected chi connectivity index (χ2v) is 18.8. The van der Waals surface area contributed by atoms with Crippen LogP contribution in [0.3, 0.4) is 0 Å². The number of rotatable bonds is 12. The predicted octanol–water partition coefficient (Wildman–Crippen LogP) is 2.49. The van der Waals surface area contributed by atoms with Gasteiger partial charge in [0.1, 0.15) is 4.75 Å². The molecule has 11 nitrogen and oxygen atoms in total. The van der Waals surface area contributed by atoms with Crippen LogP contribution in [0.5, 0.6) is 0 Å². The first-order chi connectivity index (χ1) is 25.4. The Balaban J connectivity index is 0.000000290. The lowest BCUT2D eigenvalue weighted by molar-refractivity contribution is -0.143. The number of esters is 1. The Kier molecular flexibility index (Phi) is 15.5. The fraction of sp³-hybridized carbons (Fsp3) is 0.463. The van der Waals surface area contributed by atoms with E-state index in [0.717, 1.165) is 47.6 Å². The van der Waals surface area contributed by atoms with Gasteiger partial charge in [0, 0.05) is 48.7 Å². The molecule has 0 spiro atoms. The van der Waals surface area contributed by atoms with Crippen molar-refractivity contribution in [2.75, 3.05) is 32.8 Å². The van der Waals surface area contributed by atoms with Crippen molar-refractivity contribution in [3.8, 4) is 47.4 Å². The molecule has 2 saturated carbocycles. The summed E-state index contributed by atoms with van der Waals surface area (Å²) >= 11 is 0. The summed E-state index contributed by atoms with van der Waals surface area (Å²) in [6.45, 7) is 3.05. The lowest BCUT2D eigenvalue weighted by Crippen LogP contribution is -2.49. The van der Waals surface area contributed by atoms with E-state index < -0.39 is 41.0 Å². The van der Waals surface area contributed by atoms with Crippen LogP contribution in [0, 0.1) is 71.0 Å². The van der Waals surface area contributed by atoms with E-state index in [1.165, 1.54) is 26.4 Å². The fourth-order valence-corrected chi connectivity index (χ4v) is 6.95. The Hall–Kier alpha value is -4.60. The molecular weight excluding hydrogens is 731 g/mol. The van der Waals surface area contributed by atoms with Crippen LogP contribution in [0.1, 0.15) is 61.8 Å². The number of benzene rings is 2. The van der Waals surface area contributed by atoms with Gasteiger partial charge in [-0.1, -0.05) is 47.9 Å². The molecule has 0 aliphatic heterocycles. The summed E-state index contributed by atoms with van der Waals surface area (Å²) in [6, 6.07) is 14.7. The third kappa shape index (κ3) is 12.2. The van der Waals surface area contributed by atoms with Gasteiger partial charge in [0.05, 0.1) is 7.11 Å². The molecule has 6 atom stereocenters. The van der Waals surface area contributed by atoms with Gasteiger partial charge < -0.3 is 14.9 Å². The zero-order valence-electron chi connectivity index (χ0n) is 31.1. The molecule has 4 N–H and O–H groups in total. The van der Waals surface area contributed by atoms with E-state index in [4.69, 9.17) is 15.4 Å². The van der Waals surface area contributed by atoms with Crippen molar-refractivity contribution in [1.29, 1.82) is 0 Å². The van der Waals surface area contributed by atoms with E-state index >= 15 is 0 Å². The highest BCUT2D eigenvalue weighted by Crippen LogP contribution is 2.37. The monoisotopic (exact) mass is 777 g/mol. The maximum absolute atomic E-state index is 12.0. The number of hydrogen-bond donors (Lipinski definition) is 4. The summed E-state index contributed by atoms with van der Waals surface area (Å²) in [5.41, 5.74) is 4.80. The maximum atomic E-state index is 12.0. The third-order valence-electron chi connectivity index (χ3n) is 9.89. The number of ether oxygens (including phenoxy) is 1. The Morgan fingerprint density at radius 2 is 1.11 bits per heavy atom. The van der Waals surface area contributed by atoms with Crippen LogP contribution in [0.15, 0.2) is 48.5 Å². The SMILES string of the molecule is CC(CCc1ccc(C#CC#CC2CC2CO)cc1)(C(=O)NO)S(C)(=O)=O.COC(=O)C(C)(CCc1ccc(C#CC#CC2CC2CO)cc1)S(C)(=O)=O. The number of aliphatic hydroxyl groups is 2. The summed E-state index contributed by atoms with van der Waals surface area (Å²) in [5, 5.41) is 26.7. The van der Waals surface area contributed by atoms with Crippen LogP contribution in [0.2, 0.25) is 0 Å². The largest absolute Gasteiger partial charge is 0.468 e. The molecule has 6 unspecified atom stereocenters. The van der Waals surface area contributed by atoms with Gasteiger partial charge in [-0.2, -0.15) is 0 Å². The summed E-state index contributed by atoms with van der Waals surface area (Å²) in [4.78, 5) is 23.8. The van der Waals surface area contributed by atoms with Crippen LogP contribution in [0.25, 0.3) is 0 Å². The number of sulfone groups is 2. The van der Waals surface area contributed by atoms with Crippen LogP contribution < -0.4 is 5.48 Å². The molecule has 2 fully saturated rings. The number of aryl methyl sites for hydroxylation is 2. The fourth-order valence-electron chi connectivity index (χ4n) is 5.23. The van der Waals surface area contributed by atoms with E-state index in [-0.39, 0.29) is 37.9 Å². The van der Waals surface area contributed by atoms with Gasteiger partial charge in [-0.3, -0.25) is 14.8 Å². The summed E-state index contributed by atoms with van der Waals surface area (Å²) in [5.74, 6) is 22.6. The highest BCUT2D eigenvalue weighted by atomic mass is 32.2. The molecule has 4 rings (SSSR count). The van der Waals surface area contributed by atoms with E-state index in [9.17, 15) is 26.4 Å². The molecule has 54 heavy (non-hydrogen) atoms. The zero-order chi connectivity index (χ0) is 40.2. The molecule has 2 aromatic carbocycles. The van der Waals surface area contributed by atoms with E-state index in [1.807, 2.05) is 48.5 Å². The topological polar surface area (TPSA) is 184 Å². The van der Waals surface area contributed by atoms with Crippen molar-refractivity contribution in [3.05, 3.63) is 70.8 Å². The van der Waals surface area contributed by atoms with Crippen molar-refractivity contribution in [2.24, 2.45) is 23.7 Å². The lowest BCUT2D eigenvalue weighted by atomic mass is 9.99. The van der Waals surface area contributed by atoms with Crippen LogP contribution in [-0.2, 0) is 46.8 Å². The van der Waals surface area contributed by atoms with Crippen LogP contribution >= 0.6 is 0 Å². The minimum absolute atomic E-state index is 0.0438. The van der Waals surface area contributed by atoms with Gasteiger partial charge in [0.25, 0.3) is 5.91 Å². The van der Waals surface area contributed by atoms with Crippen molar-refractivity contribution >= 4 is 31.6 Å². The lowest BCUT2D eigenvalue weighted by Gasteiger charge is -2.25. The molecule has 288 valence electrons. The smallest absolute Gasteiger partial charge is 0.326 e. The molecule has 2 aromatic rings. The summed E-state index contributed by atoms with van der Waals surface area (Å²) < 4.78 is 49.4. The Bertz CT molecular complexity index is 1980. The van der Waals surface area contributed by atoms with Gasteiger partial charge in [0.15, 0.2) is 24.4 Å². The summed E-state index contributed by atoms with van der Waals surface area (Å²) in [6.07, 6.45) is 4.87. The van der Waals surface area contributed by atoms with Crippen LogP contribution in [-0.4, -0.2) is 86.5 Å². The Labute approximate surface area is 319 Å². The number of amides is 1. The van der Waals surface area contributed by atoms with Crippen molar-refractivity contribution in [2.45, 2.75) is 61.9 Å². The van der Waals surface area contributed by atoms with Crippen LogP contribution in [0.4, 0.5) is 0 Å². The normalized spacial score (nSPS) is 20.3. The average molecular weight is 778 g/mol. The second kappa shape index (κ2) is 19.1. The number of nitrogens with one attached hydrogen (secondary N) is 1. The number of aliphatic hydroxyl groups excluding tert-OH is 2. The molecule has 0 radical (unpaired) electrons. The first kappa shape index (κ1) is 43.8. The first-order valence-corrected chi connectivity index (χ1v) is 21.1. The number of carbonyl (C=O) groups excluding carboxylic acids is 2. The van der Waals surface area contributed by atoms with Gasteiger partial charge >= 0.3 is 5.97 Å². The van der Waals surface area contributed by atoms with E-state index in [2.05, 4.69) is 52.1 Å². The number of methoxy groups -OCH3 is 1. The average Bonchev–Trinajstić information content (AvgIpc) is 4.08. The van der Waals surface area contributed by atoms with Crippen molar-refractivity contribution < 1.29 is 46.6 Å². The van der Waals surface area contributed by atoms with Gasteiger partial charge in [-0.25, -0.2) is 22.3 Å². The van der Waals surface area contributed by atoms with E-state index in [1.54, 1.807) is 0 Å². The van der Waals surface area contributed by atoms with E-state index in [0.29, 0.717) is 24.7 Å². The molecule has 2 aliphatic rings. The minimum Gasteiger partial charge on any atom is -0.468 e. The zero-order valence-corrected chi connectivity index (χ0v) is 32.7. The van der Waals surface area contributed by atoms with Crippen molar-refractivity contribution in [3.63, 3.8) is 0 Å². The molecular formula is C41H47NO10S2. The molecule has 13 heteroatoms. The molecule has 2 aliphatic carbocycles. The quantitative estimate of drug-likeness (QED) is 0.108. The molecule has 0 aromatic heterocycles. The number of hydroxylamine groups is 1. The first-order valence-electron chi connectivity index (χ1n) is 17.3. The maximum Gasteiger partial charge on any atom is 0.326 e. The van der Waals surface area contributed by atoms with Gasteiger partial charge in [0.2, 0.25) is 0 Å².